The predicted molar refractivity (Wildman–Crippen MR) is 113 cm³/mol. The Morgan fingerprint density at radius 3 is 1.46 bits per heavy atom. The maximum atomic E-state index is 11.1. The van der Waals surface area contributed by atoms with Gasteiger partial charge in [-0.15, -0.1) is 0 Å². The minimum atomic E-state index is 0.223. The first-order chi connectivity index (χ1) is 13.5. The van der Waals surface area contributed by atoms with Crippen molar-refractivity contribution in [3.63, 3.8) is 0 Å². The van der Waals surface area contributed by atoms with E-state index in [9.17, 15) is 5.11 Å². The van der Waals surface area contributed by atoms with Gasteiger partial charge in [-0.25, -0.2) is 0 Å². The molecule has 0 unspecified atom stereocenters. The van der Waals surface area contributed by atoms with E-state index in [0.717, 1.165) is 35.5 Å². The second-order valence-corrected chi connectivity index (χ2v) is 12.7. The van der Waals surface area contributed by atoms with Gasteiger partial charge in [0.2, 0.25) is 0 Å². The summed E-state index contributed by atoms with van der Waals surface area (Å²) in [4.78, 5) is 0. The minimum Gasteiger partial charge on any atom is -0.506 e. The molecule has 0 aliphatic heterocycles. The molecule has 1 aromatic carbocycles. The molecular formula is C26H33ClO. The van der Waals surface area contributed by atoms with Gasteiger partial charge in [0.15, 0.2) is 0 Å². The summed E-state index contributed by atoms with van der Waals surface area (Å²) in [5.41, 5.74) is 3.34. The van der Waals surface area contributed by atoms with Crippen molar-refractivity contribution in [2.45, 2.75) is 87.9 Å². The zero-order valence-corrected chi connectivity index (χ0v) is 17.7. The third-order valence-corrected chi connectivity index (χ3v) is 10.6. The predicted octanol–water partition coefficient (Wildman–Crippen LogP) is 6.98. The van der Waals surface area contributed by atoms with Gasteiger partial charge in [0, 0.05) is 5.56 Å². The number of aromatic hydroxyl groups is 1. The largest absolute Gasteiger partial charge is 0.506 e. The summed E-state index contributed by atoms with van der Waals surface area (Å²) in [5, 5.41) is 11.8. The van der Waals surface area contributed by atoms with Gasteiger partial charge in [-0.2, -0.15) is 0 Å². The summed E-state index contributed by atoms with van der Waals surface area (Å²) in [6.07, 6.45) is 16.8. The van der Waals surface area contributed by atoms with E-state index in [1.165, 1.54) is 88.2 Å². The monoisotopic (exact) mass is 396 g/mol. The van der Waals surface area contributed by atoms with E-state index in [1.807, 2.05) is 0 Å². The molecular weight excluding hydrogens is 364 g/mol. The average molecular weight is 397 g/mol. The first-order valence-corrected chi connectivity index (χ1v) is 12.4. The first-order valence-electron chi connectivity index (χ1n) is 12.0. The molecule has 8 aliphatic rings. The highest BCUT2D eigenvalue weighted by Crippen LogP contribution is 2.64. The lowest BCUT2D eigenvalue weighted by Gasteiger charge is -2.58. The maximum absolute atomic E-state index is 11.1. The van der Waals surface area contributed by atoms with Gasteiger partial charge in [-0.3, -0.25) is 0 Å². The van der Waals surface area contributed by atoms with Crippen molar-refractivity contribution in [1.82, 2.24) is 0 Å². The number of hydrogen-bond donors (Lipinski definition) is 1. The lowest BCUT2D eigenvalue weighted by molar-refractivity contribution is -0.00897. The highest BCUT2D eigenvalue weighted by atomic mass is 35.5. The van der Waals surface area contributed by atoms with E-state index in [1.54, 1.807) is 0 Å². The molecule has 150 valence electrons. The molecule has 9 rings (SSSR count). The van der Waals surface area contributed by atoms with Crippen LogP contribution in [0.15, 0.2) is 12.1 Å². The molecule has 0 spiro atoms. The van der Waals surface area contributed by atoms with E-state index in [4.69, 9.17) is 11.6 Å². The zero-order valence-electron chi connectivity index (χ0n) is 16.9. The molecule has 2 heteroatoms. The molecule has 8 bridgehead atoms. The smallest absolute Gasteiger partial charge is 0.137 e. The number of phenols is 1. The molecule has 0 heterocycles. The van der Waals surface area contributed by atoms with Crippen LogP contribution in [0, 0.1) is 35.5 Å². The summed E-state index contributed by atoms with van der Waals surface area (Å²) in [6.45, 7) is 0. The third kappa shape index (κ3) is 2.26. The normalized spacial score (nSPS) is 50.5. The van der Waals surface area contributed by atoms with Crippen molar-refractivity contribution in [3.8, 4) is 5.75 Å². The fourth-order valence-corrected chi connectivity index (χ4v) is 10.4. The van der Waals surface area contributed by atoms with Crippen molar-refractivity contribution >= 4 is 11.6 Å². The van der Waals surface area contributed by atoms with Crippen molar-refractivity contribution in [2.24, 2.45) is 35.5 Å². The number of phenolic OH excluding ortho intramolecular Hbond substituents is 1. The summed E-state index contributed by atoms with van der Waals surface area (Å²) >= 11 is 6.75. The zero-order chi connectivity index (χ0) is 18.7. The SMILES string of the molecule is Oc1c(Cl)cc(C23CC4CC(CC(C4)C2)C3)cc1C12CC3CC(CC(C3)C1)C2. The second kappa shape index (κ2) is 5.51. The quantitative estimate of drug-likeness (QED) is 0.571. The van der Waals surface area contributed by atoms with Crippen LogP contribution in [0.25, 0.3) is 0 Å². The molecule has 8 aliphatic carbocycles. The van der Waals surface area contributed by atoms with Gasteiger partial charge in [0.05, 0.1) is 5.02 Å². The Bertz CT molecular complexity index is 769. The molecule has 8 saturated carbocycles. The Labute approximate surface area is 174 Å². The lowest BCUT2D eigenvalue weighted by Crippen LogP contribution is -2.50. The number of benzene rings is 1. The molecule has 0 saturated heterocycles. The minimum absolute atomic E-state index is 0.223. The van der Waals surface area contributed by atoms with Crippen LogP contribution in [0.2, 0.25) is 5.02 Å². The van der Waals surface area contributed by atoms with Crippen LogP contribution < -0.4 is 0 Å². The van der Waals surface area contributed by atoms with Crippen LogP contribution in [0.3, 0.4) is 0 Å². The maximum Gasteiger partial charge on any atom is 0.137 e. The highest BCUT2D eigenvalue weighted by molar-refractivity contribution is 6.32. The van der Waals surface area contributed by atoms with Crippen LogP contribution in [-0.4, -0.2) is 5.11 Å². The Balaban J connectivity index is 1.34. The van der Waals surface area contributed by atoms with Crippen molar-refractivity contribution in [2.75, 3.05) is 0 Å². The average Bonchev–Trinajstić information content (AvgIpc) is 2.61. The van der Waals surface area contributed by atoms with Gasteiger partial charge in [0.25, 0.3) is 0 Å². The van der Waals surface area contributed by atoms with Gasteiger partial charge in [-0.1, -0.05) is 17.7 Å². The molecule has 8 fully saturated rings. The summed E-state index contributed by atoms with van der Waals surface area (Å²) < 4.78 is 0. The Kier molecular flexibility index (Phi) is 3.35. The van der Waals surface area contributed by atoms with Crippen LogP contribution in [-0.2, 0) is 10.8 Å². The fraction of sp³-hybridized carbons (Fsp3) is 0.769. The molecule has 1 nitrogen and oxygen atoms in total. The van der Waals surface area contributed by atoms with Gasteiger partial charge >= 0.3 is 0 Å². The number of rotatable bonds is 2. The van der Waals surface area contributed by atoms with Gasteiger partial charge < -0.3 is 5.11 Å². The first kappa shape index (κ1) is 17.0. The second-order valence-electron chi connectivity index (χ2n) is 12.3. The molecule has 0 amide bonds. The van der Waals surface area contributed by atoms with Crippen molar-refractivity contribution < 1.29 is 5.11 Å². The Hall–Kier alpha value is -0.690. The van der Waals surface area contributed by atoms with E-state index in [-0.39, 0.29) is 5.41 Å². The molecule has 1 aromatic rings. The number of halogens is 1. The fourth-order valence-electron chi connectivity index (χ4n) is 10.2. The van der Waals surface area contributed by atoms with E-state index in [0.29, 0.717) is 16.2 Å². The molecule has 28 heavy (non-hydrogen) atoms. The van der Waals surface area contributed by atoms with E-state index in [2.05, 4.69) is 12.1 Å². The summed E-state index contributed by atoms with van der Waals surface area (Å²) in [5.74, 6) is 5.95. The van der Waals surface area contributed by atoms with E-state index < -0.39 is 0 Å². The van der Waals surface area contributed by atoms with Crippen LogP contribution in [0.4, 0.5) is 0 Å². The van der Waals surface area contributed by atoms with Gasteiger partial charge in [0.1, 0.15) is 5.75 Å². The van der Waals surface area contributed by atoms with Crippen LogP contribution in [0.1, 0.15) is 88.2 Å². The Morgan fingerprint density at radius 1 is 0.643 bits per heavy atom. The van der Waals surface area contributed by atoms with Crippen LogP contribution >= 0.6 is 11.6 Å². The van der Waals surface area contributed by atoms with Gasteiger partial charge in [-0.05, 0) is 135 Å². The van der Waals surface area contributed by atoms with Crippen LogP contribution in [0.5, 0.6) is 5.75 Å². The molecule has 0 atom stereocenters. The molecule has 0 radical (unpaired) electrons. The van der Waals surface area contributed by atoms with E-state index >= 15 is 0 Å². The van der Waals surface area contributed by atoms with Crippen molar-refractivity contribution in [1.29, 1.82) is 0 Å². The molecule has 1 N–H and O–H groups in total. The Morgan fingerprint density at radius 2 is 1.04 bits per heavy atom. The topological polar surface area (TPSA) is 20.2 Å². The standard InChI is InChI=1S/C26H33ClO/c27-23-8-21(25-9-15-1-16(10-25)3-17(2-15)11-25)7-22(24(23)28)26-12-18-4-19(13-26)6-20(5-18)14-26/h7-8,15-20,28H,1-6,9-14H2. The summed E-state index contributed by atoms with van der Waals surface area (Å²) in [7, 11) is 0. The van der Waals surface area contributed by atoms with Crippen molar-refractivity contribution in [3.05, 3.63) is 28.3 Å². The third-order valence-electron chi connectivity index (χ3n) is 10.3. The number of hydrogen-bond acceptors (Lipinski definition) is 1. The molecule has 0 aromatic heterocycles. The lowest BCUT2D eigenvalue weighted by atomic mass is 9.46. The highest BCUT2D eigenvalue weighted by Gasteiger charge is 2.55. The summed E-state index contributed by atoms with van der Waals surface area (Å²) in [6, 6.07) is 4.66.